The number of nitrogens with zero attached hydrogens (tertiary/aromatic N) is 2. The monoisotopic (exact) mass is 613 g/mol. The van der Waals surface area contributed by atoms with E-state index in [0.717, 1.165) is 54.7 Å². The number of carbonyl (C=O) groups is 2. The van der Waals surface area contributed by atoms with Crippen LogP contribution in [0.5, 0.6) is 5.75 Å². The molecule has 1 saturated carbocycles. The molecule has 220 valence electrons. The number of hydrogen-bond donors (Lipinski definition) is 2. The molecule has 7 nitrogen and oxygen atoms in total. The zero-order chi connectivity index (χ0) is 30.0. The fourth-order valence-corrected chi connectivity index (χ4v) is 7.00. The summed E-state index contributed by atoms with van der Waals surface area (Å²) in [6, 6.07) is 10.9. The van der Waals surface area contributed by atoms with Crippen molar-refractivity contribution in [3.63, 3.8) is 0 Å². The smallest absolute Gasteiger partial charge is 0.354 e. The molecule has 2 aromatic heterocycles. The van der Waals surface area contributed by atoms with Crippen molar-refractivity contribution in [1.82, 2.24) is 15.2 Å². The van der Waals surface area contributed by atoms with Gasteiger partial charge in [-0.1, -0.05) is 17.7 Å². The molecule has 0 atom stereocenters. The van der Waals surface area contributed by atoms with Crippen molar-refractivity contribution in [2.24, 2.45) is 0 Å². The lowest BCUT2D eigenvalue weighted by Gasteiger charge is -2.37. The maximum atomic E-state index is 14.7. The van der Waals surface area contributed by atoms with Crippen molar-refractivity contribution in [1.29, 1.82) is 0 Å². The minimum atomic E-state index is -1.13. The Morgan fingerprint density at radius 1 is 1.10 bits per heavy atom. The van der Waals surface area contributed by atoms with E-state index in [4.69, 9.17) is 16.3 Å². The van der Waals surface area contributed by atoms with Crippen molar-refractivity contribution in [3.05, 3.63) is 81.5 Å². The lowest BCUT2D eigenvalue weighted by molar-refractivity contribution is 0.0603. The molecule has 1 aliphatic rings. The Hall–Kier alpha value is -3.60. The summed E-state index contributed by atoms with van der Waals surface area (Å²) >= 11 is 7.41. The van der Waals surface area contributed by atoms with Crippen LogP contribution < -0.4 is 10.1 Å². The van der Waals surface area contributed by atoms with Gasteiger partial charge >= 0.3 is 5.97 Å². The van der Waals surface area contributed by atoms with Crippen molar-refractivity contribution in [2.45, 2.75) is 51.2 Å². The van der Waals surface area contributed by atoms with E-state index in [2.05, 4.69) is 10.3 Å². The second-order valence-electron chi connectivity index (χ2n) is 10.2. The molecule has 2 N–H and O–H groups in total. The van der Waals surface area contributed by atoms with Crippen LogP contribution in [-0.4, -0.2) is 52.6 Å². The van der Waals surface area contributed by atoms with Crippen molar-refractivity contribution in [2.75, 3.05) is 13.7 Å². The number of thiophene rings is 1. The molecular weight excluding hydrogens is 584 g/mol. The van der Waals surface area contributed by atoms with Gasteiger partial charge in [0.1, 0.15) is 28.0 Å². The minimum absolute atomic E-state index is 0.00566. The van der Waals surface area contributed by atoms with Gasteiger partial charge in [0.2, 0.25) is 0 Å². The van der Waals surface area contributed by atoms with Crippen molar-refractivity contribution in [3.8, 4) is 16.9 Å². The van der Waals surface area contributed by atoms with Crippen LogP contribution in [0.2, 0.25) is 5.02 Å². The van der Waals surface area contributed by atoms with Gasteiger partial charge in [-0.05, 0) is 87.2 Å². The summed E-state index contributed by atoms with van der Waals surface area (Å²) in [5.41, 5.74) is 2.01. The zero-order valence-electron chi connectivity index (χ0n) is 23.1. The Morgan fingerprint density at radius 3 is 2.48 bits per heavy atom. The van der Waals surface area contributed by atoms with E-state index in [-0.39, 0.29) is 38.3 Å². The third-order valence-corrected chi connectivity index (χ3v) is 9.37. The van der Waals surface area contributed by atoms with Gasteiger partial charge in [-0.15, -0.1) is 11.3 Å². The average Bonchev–Trinajstić information content (AvgIpc) is 3.36. The Labute approximate surface area is 251 Å². The van der Waals surface area contributed by atoms with Crippen LogP contribution in [0.3, 0.4) is 0 Å². The third-order valence-electron chi connectivity index (χ3n) is 7.70. The highest BCUT2D eigenvalue weighted by Crippen LogP contribution is 2.40. The van der Waals surface area contributed by atoms with Crippen LogP contribution in [-0.2, 0) is 6.54 Å². The molecule has 0 bridgehead atoms. The molecule has 4 aromatic rings. The first kappa shape index (κ1) is 29.9. The molecule has 0 unspecified atom stereocenters. The van der Waals surface area contributed by atoms with E-state index >= 15 is 0 Å². The number of ether oxygens (including phenoxy) is 1. The molecule has 0 saturated heterocycles. The maximum absolute atomic E-state index is 14.7. The summed E-state index contributed by atoms with van der Waals surface area (Å²) in [5.74, 6) is -2.28. The normalized spacial score (nSPS) is 16.9. The number of carboxylic acid groups (broad SMARTS) is 1. The van der Waals surface area contributed by atoms with E-state index in [1.54, 1.807) is 17.0 Å². The van der Waals surface area contributed by atoms with E-state index in [9.17, 15) is 23.5 Å². The first-order chi connectivity index (χ1) is 20.2. The molecule has 1 aliphatic carbocycles. The number of hydrogen-bond acceptors (Lipinski definition) is 6. The summed E-state index contributed by atoms with van der Waals surface area (Å²) in [7, 11) is 1.92. The number of halogens is 3. The van der Waals surface area contributed by atoms with Gasteiger partial charge in [0, 0.05) is 30.4 Å². The lowest BCUT2D eigenvalue weighted by Crippen LogP contribution is -2.44. The Morgan fingerprint density at radius 2 is 1.81 bits per heavy atom. The third kappa shape index (κ3) is 5.97. The molecule has 0 radical (unpaired) electrons. The summed E-state index contributed by atoms with van der Waals surface area (Å²) in [5, 5.41) is 12.5. The molecule has 1 amide bonds. The molecule has 1 fully saturated rings. The van der Waals surface area contributed by atoms with Crippen LogP contribution in [0.1, 0.15) is 58.3 Å². The number of carbonyl (C=O) groups excluding carboxylic acids is 1. The van der Waals surface area contributed by atoms with E-state index in [1.165, 1.54) is 12.3 Å². The van der Waals surface area contributed by atoms with Gasteiger partial charge < -0.3 is 20.1 Å². The van der Waals surface area contributed by atoms with Gasteiger partial charge in [0.25, 0.3) is 5.91 Å². The van der Waals surface area contributed by atoms with Crippen molar-refractivity contribution < 1.29 is 28.2 Å². The van der Waals surface area contributed by atoms with Crippen LogP contribution >= 0.6 is 22.9 Å². The van der Waals surface area contributed by atoms with E-state index < -0.39 is 23.5 Å². The van der Waals surface area contributed by atoms with Crippen LogP contribution in [0.4, 0.5) is 8.78 Å². The number of rotatable bonds is 9. The molecule has 2 aromatic carbocycles. The molecule has 11 heteroatoms. The standard InChI is InChI=1S/C31H30ClF2N3O4S/c1-3-41-25-11-4-17(18-12-13-36-24(15-18)31(39)40)14-19(25)16-37(21-7-5-20(35-2)6-8-21)30(38)29-27(32)26-22(33)9-10-23(34)28(26)42-29/h4,9-15,20-21,35H,3,5-8,16H2,1-2H3,(H,39,40). The summed E-state index contributed by atoms with van der Waals surface area (Å²) < 4.78 is 35.2. The largest absolute Gasteiger partial charge is 0.494 e. The molecular formula is C31H30ClF2N3O4S. The SMILES string of the molecule is CCOc1ccc(-c2ccnc(C(=O)O)c2)cc1CN(C(=O)c1sc2c(F)ccc(F)c2c1Cl)C1CCC(NC)CC1. The van der Waals surface area contributed by atoms with Crippen LogP contribution in [0, 0.1) is 11.6 Å². The highest BCUT2D eigenvalue weighted by atomic mass is 35.5. The van der Waals surface area contributed by atoms with Crippen LogP contribution in [0.25, 0.3) is 21.2 Å². The van der Waals surface area contributed by atoms with E-state index in [0.29, 0.717) is 29.5 Å². The first-order valence-electron chi connectivity index (χ1n) is 13.7. The zero-order valence-corrected chi connectivity index (χ0v) is 24.7. The van der Waals surface area contributed by atoms with Crippen molar-refractivity contribution >= 4 is 44.9 Å². The Bertz CT molecular complexity index is 1640. The topological polar surface area (TPSA) is 91.8 Å². The lowest BCUT2D eigenvalue weighted by atomic mass is 9.89. The predicted molar refractivity (Wildman–Crippen MR) is 160 cm³/mol. The van der Waals surface area contributed by atoms with Crippen LogP contribution in [0.15, 0.2) is 48.7 Å². The van der Waals surface area contributed by atoms with E-state index in [1.807, 2.05) is 26.1 Å². The number of carboxylic acids is 1. The molecule has 0 aliphatic heterocycles. The fourth-order valence-electron chi connectivity index (χ4n) is 5.50. The number of aromatic carboxylic acids is 1. The first-order valence-corrected chi connectivity index (χ1v) is 14.9. The summed E-state index contributed by atoms with van der Waals surface area (Å²) in [6.07, 6.45) is 4.63. The summed E-state index contributed by atoms with van der Waals surface area (Å²) in [4.78, 5) is 31.5. The molecule has 5 rings (SSSR count). The molecule has 0 spiro atoms. The van der Waals surface area contributed by atoms with Gasteiger partial charge in [-0.25, -0.2) is 18.6 Å². The second kappa shape index (κ2) is 12.7. The van der Waals surface area contributed by atoms with Gasteiger partial charge in [0.15, 0.2) is 0 Å². The van der Waals surface area contributed by atoms with Gasteiger partial charge in [-0.3, -0.25) is 4.79 Å². The number of fused-ring (bicyclic) bond motifs is 1. The highest BCUT2D eigenvalue weighted by Gasteiger charge is 2.33. The number of amides is 1. The highest BCUT2D eigenvalue weighted by molar-refractivity contribution is 7.21. The van der Waals surface area contributed by atoms with Gasteiger partial charge in [-0.2, -0.15) is 0 Å². The molecule has 2 heterocycles. The minimum Gasteiger partial charge on any atom is -0.494 e. The quantitative estimate of drug-likeness (QED) is 0.208. The number of pyridine rings is 1. The average molecular weight is 614 g/mol. The molecule has 42 heavy (non-hydrogen) atoms. The maximum Gasteiger partial charge on any atom is 0.354 e. The Balaban J connectivity index is 1.57. The number of benzene rings is 2. The summed E-state index contributed by atoms with van der Waals surface area (Å²) in [6.45, 7) is 2.41. The van der Waals surface area contributed by atoms with Gasteiger partial charge in [0.05, 0.1) is 21.7 Å². The number of nitrogens with one attached hydrogen (secondary N) is 1. The number of aromatic nitrogens is 1. The fraction of sp³-hybridized carbons (Fsp3) is 0.323. The predicted octanol–water partition coefficient (Wildman–Crippen LogP) is 7.16. The second-order valence-corrected chi connectivity index (χ2v) is 11.6. The Kier molecular flexibility index (Phi) is 9.05.